The van der Waals surface area contributed by atoms with Crippen molar-refractivity contribution in [2.75, 3.05) is 13.1 Å². The molecule has 0 aromatic carbocycles. The van der Waals surface area contributed by atoms with Crippen LogP contribution in [0.1, 0.15) is 42.7 Å². The highest BCUT2D eigenvalue weighted by atomic mass is 16.2. The molecule has 1 saturated heterocycles. The van der Waals surface area contributed by atoms with Gasteiger partial charge in [0, 0.05) is 30.4 Å². The van der Waals surface area contributed by atoms with Crippen molar-refractivity contribution in [1.82, 2.24) is 15.2 Å². The number of nitrogens with zero attached hydrogens (tertiary/aromatic N) is 1. The van der Waals surface area contributed by atoms with Gasteiger partial charge in [-0.3, -0.25) is 14.4 Å². The van der Waals surface area contributed by atoms with Gasteiger partial charge in [-0.05, 0) is 32.3 Å². The molecule has 1 atom stereocenters. The second-order valence-corrected chi connectivity index (χ2v) is 5.16. The van der Waals surface area contributed by atoms with E-state index in [-0.39, 0.29) is 17.4 Å². The van der Waals surface area contributed by atoms with Gasteiger partial charge in [0.05, 0.1) is 0 Å². The van der Waals surface area contributed by atoms with Crippen molar-refractivity contribution in [2.45, 2.75) is 39.2 Å². The average molecular weight is 291 g/mol. The lowest BCUT2D eigenvalue weighted by molar-refractivity contribution is -0.124. The summed E-state index contributed by atoms with van der Waals surface area (Å²) >= 11 is 0. The Labute approximate surface area is 123 Å². The summed E-state index contributed by atoms with van der Waals surface area (Å²) in [6, 6.07) is 2.56. The number of aromatic nitrogens is 1. The predicted molar refractivity (Wildman–Crippen MR) is 79.2 cm³/mol. The number of hydrogen-bond donors (Lipinski definition) is 2. The quantitative estimate of drug-likeness (QED) is 0.855. The summed E-state index contributed by atoms with van der Waals surface area (Å²) in [5, 5.41) is 2.76. The fourth-order valence-corrected chi connectivity index (χ4v) is 2.66. The molecule has 0 spiro atoms. The Bertz CT molecular complexity index is 594. The van der Waals surface area contributed by atoms with E-state index in [0.717, 1.165) is 12.1 Å². The number of pyridine rings is 1. The minimum absolute atomic E-state index is 0.121. The maximum atomic E-state index is 12.6. The molecule has 0 saturated carbocycles. The van der Waals surface area contributed by atoms with Gasteiger partial charge in [-0.2, -0.15) is 0 Å². The second kappa shape index (κ2) is 6.56. The van der Waals surface area contributed by atoms with Crippen molar-refractivity contribution < 1.29 is 9.59 Å². The third kappa shape index (κ3) is 3.32. The first-order valence-electron chi connectivity index (χ1n) is 7.38. The molecule has 0 aliphatic carbocycles. The Morgan fingerprint density at radius 3 is 2.81 bits per heavy atom. The molecule has 114 valence electrons. The summed E-state index contributed by atoms with van der Waals surface area (Å²) in [4.78, 5) is 40.5. The number of likely N-dealkylation sites (N-methyl/N-ethyl adjacent to an activating group) is 1. The van der Waals surface area contributed by atoms with Crippen LogP contribution < -0.4 is 10.9 Å². The Hall–Kier alpha value is -2.11. The number of rotatable bonds is 4. The summed E-state index contributed by atoms with van der Waals surface area (Å²) in [6.07, 6.45) is 2.12. The minimum atomic E-state index is -0.429. The maximum Gasteiger partial charge on any atom is 0.254 e. The molecule has 2 N–H and O–H groups in total. The second-order valence-electron chi connectivity index (χ2n) is 5.16. The summed E-state index contributed by atoms with van der Waals surface area (Å²) in [7, 11) is 0. The van der Waals surface area contributed by atoms with Crippen molar-refractivity contribution >= 4 is 11.8 Å². The first-order valence-corrected chi connectivity index (χ1v) is 7.38. The van der Waals surface area contributed by atoms with Gasteiger partial charge in [0.15, 0.2) is 0 Å². The molecule has 0 radical (unpaired) electrons. The first kappa shape index (κ1) is 15.3. The molecule has 1 aromatic rings. The van der Waals surface area contributed by atoms with Crippen LogP contribution >= 0.6 is 0 Å². The van der Waals surface area contributed by atoms with Gasteiger partial charge < -0.3 is 15.2 Å². The molecule has 6 heteroatoms. The average Bonchev–Trinajstić information content (AvgIpc) is 2.95. The van der Waals surface area contributed by atoms with Crippen LogP contribution in [0.4, 0.5) is 0 Å². The third-order valence-electron chi connectivity index (χ3n) is 3.70. The number of aryl methyl sites for hydroxylation is 1. The van der Waals surface area contributed by atoms with Crippen LogP contribution in [-0.2, 0) is 11.2 Å². The zero-order valence-corrected chi connectivity index (χ0v) is 12.4. The molecule has 2 rings (SSSR count). The van der Waals surface area contributed by atoms with Gasteiger partial charge >= 0.3 is 0 Å². The molecule has 1 fully saturated rings. The van der Waals surface area contributed by atoms with Crippen LogP contribution in [0, 0.1) is 0 Å². The van der Waals surface area contributed by atoms with E-state index in [2.05, 4.69) is 10.3 Å². The molecule has 2 heterocycles. The molecule has 1 aromatic heterocycles. The Balaban J connectivity index is 2.24. The van der Waals surface area contributed by atoms with E-state index in [1.807, 2.05) is 13.8 Å². The van der Waals surface area contributed by atoms with Gasteiger partial charge in [0.2, 0.25) is 11.5 Å². The number of amides is 2. The fourth-order valence-electron chi connectivity index (χ4n) is 2.66. The van der Waals surface area contributed by atoms with Crippen LogP contribution in [0.5, 0.6) is 0 Å². The van der Waals surface area contributed by atoms with E-state index in [0.29, 0.717) is 31.5 Å². The van der Waals surface area contributed by atoms with Crippen molar-refractivity contribution in [3.63, 3.8) is 0 Å². The van der Waals surface area contributed by atoms with Crippen molar-refractivity contribution in [3.8, 4) is 0 Å². The van der Waals surface area contributed by atoms with Crippen LogP contribution in [0.15, 0.2) is 16.9 Å². The van der Waals surface area contributed by atoms with Gasteiger partial charge in [0.25, 0.3) is 5.91 Å². The highest BCUT2D eigenvalue weighted by Crippen LogP contribution is 2.20. The number of nitrogens with one attached hydrogen (secondary N) is 2. The topological polar surface area (TPSA) is 82.3 Å². The molecule has 1 aliphatic heterocycles. The number of likely N-dealkylation sites (tertiary alicyclic amines) is 1. The van der Waals surface area contributed by atoms with E-state index in [4.69, 9.17) is 0 Å². The van der Waals surface area contributed by atoms with Crippen molar-refractivity contribution in [3.05, 3.63) is 33.7 Å². The first-order chi connectivity index (χ1) is 10.1. The predicted octanol–water partition coefficient (Wildman–Crippen LogP) is 0.678. The zero-order valence-electron chi connectivity index (χ0n) is 12.4. The SMILES string of the molecule is CCNC(=O)[C@@H]1CCCN1C(=O)c1cc(CC)[nH]c(=O)c1. The van der Waals surface area contributed by atoms with Gasteiger partial charge in [-0.15, -0.1) is 0 Å². The molecule has 2 amide bonds. The lowest BCUT2D eigenvalue weighted by Gasteiger charge is -2.23. The van der Waals surface area contributed by atoms with Crippen LogP contribution in [-0.4, -0.2) is 40.8 Å². The van der Waals surface area contributed by atoms with Crippen LogP contribution in [0.2, 0.25) is 0 Å². The Morgan fingerprint density at radius 2 is 2.14 bits per heavy atom. The van der Waals surface area contributed by atoms with Crippen molar-refractivity contribution in [2.24, 2.45) is 0 Å². The van der Waals surface area contributed by atoms with E-state index >= 15 is 0 Å². The van der Waals surface area contributed by atoms with Gasteiger partial charge in [0.1, 0.15) is 6.04 Å². The number of hydrogen-bond acceptors (Lipinski definition) is 3. The lowest BCUT2D eigenvalue weighted by atomic mass is 10.1. The Kier molecular flexibility index (Phi) is 4.77. The molecule has 21 heavy (non-hydrogen) atoms. The number of H-pyrrole nitrogens is 1. The normalized spacial score (nSPS) is 17.8. The summed E-state index contributed by atoms with van der Waals surface area (Å²) in [5.74, 6) is -0.367. The smallest absolute Gasteiger partial charge is 0.254 e. The highest BCUT2D eigenvalue weighted by Gasteiger charge is 2.34. The summed E-state index contributed by atoms with van der Waals surface area (Å²) in [6.45, 7) is 4.85. The van der Waals surface area contributed by atoms with Crippen LogP contribution in [0.3, 0.4) is 0 Å². The maximum absolute atomic E-state index is 12.6. The Morgan fingerprint density at radius 1 is 1.38 bits per heavy atom. The van der Waals surface area contributed by atoms with Crippen LogP contribution in [0.25, 0.3) is 0 Å². The van der Waals surface area contributed by atoms with Gasteiger partial charge in [-0.1, -0.05) is 6.92 Å². The third-order valence-corrected chi connectivity index (χ3v) is 3.70. The summed E-state index contributed by atoms with van der Waals surface area (Å²) < 4.78 is 0. The van der Waals surface area contributed by atoms with E-state index in [1.54, 1.807) is 11.0 Å². The minimum Gasteiger partial charge on any atom is -0.355 e. The lowest BCUT2D eigenvalue weighted by Crippen LogP contribution is -2.46. The molecular formula is C15H21N3O3. The van der Waals surface area contributed by atoms with E-state index in [1.165, 1.54) is 6.07 Å². The molecule has 1 aliphatic rings. The van der Waals surface area contributed by atoms with Crippen molar-refractivity contribution in [1.29, 1.82) is 0 Å². The number of carbonyl (C=O) groups is 2. The highest BCUT2D eigenvalue weighted by molar-refractivity contribution is 5.97. The van der Waals surface area contributed by atoms with E-state index in [9.17, 15) is 14.4 Å². The number of carbonyl (C=O) groups excluding carboxylic acids is 2. The molecule has 0 unspecified atom stereocenters. The standard InChI is InChI=1S/C15H21N3O3/c1-3-11-8-10(9-13(19)17-11)15(21)18-7-5-6-12(18)14(20)16-4-2/h8-9,12H,3-7H2,1-2H3,(H,16,20)(H,17,19)/t12-/m0/s1. The molecule has 0 bridgehead atoms. The van der Waals surface area contributed by atoms with Gasteiger partial charge in [-0.25, -0.2) is 0 Å². The van der Waals surface area contributed by atoms with E-state index < -0.39 is 6.04 Å². The monoisotopic (exact) mass is 291 g/mol. The molecular weight excluding hydrogens is 270 g/mol. The largest absolute Gasteiger partial charge is 0.355 e. The number of aromatic amines is 1. The fraction of sp³-hybridized carbons (Fsp3) is 0.533. The molecule has 6 nitrogen and oxygen atoms in total. The summed E-state index contributed by atoms with van der Waals surface area (Å²) in [5.41, 5.74) is 0.790. The zero-order chi connectivity index (χ0) is 15.4.